The summed E-state index contributed by atoms with van der Waals surface area (Å²) in [5.74, 6) is 1.08. The highest BCUT2D eigenvalue weighted by Crippen LogP contribution is 2.13. The Kier molecular flexibility index (Phi) is 5.09. The second-order valence-electron chi connectivity index (χ2n) is 5.74. The van der Waals surface area contributed by atoms with Gasteiger partial charge in [0.25, 0.3) is 0 Å². The van der Waals surface area contributed by atoms with Gasteiger partial charge < -0.3 is 4.42 Å². The van der Waals surface area contributed by atoms with Crippen LogP contribution < -0.4 is 0 Å². The molecule has 0 aliphatic rings. The highest BCUT2D eigenvalue weighted by molar-refractivity contribution is 5.25. The van der Waals surface area contributed by atoms with E-state index in [2.05, 4.69) is 60.7 Å². The molecule has 22 heavy (non-hydrogen) atoms. The Morgan fingerprint density at radius 3 is 2.09 bits per heavy atom. The minimum Gasteiger partial charge on any atom is -0.469 e. The summed E-state index contributed by atoms with van der Waals surface area (Å²) in [6.07, 6.45) is 7.23. The summed E-state index contributed by atoms with van der Waals surface area (Å²) < 4.78 is 5.38. The van der Waals surface area contributed by atoms with Crippen LogP contribution >= 0.6 is 0 Å². The van der Waals surface area contributed by atoms with Gasteiger partial charge in [-0.3, -0.25) is 0 Å². The fourth-order valence-corrected chi connectivity index (χ4v) is 2.80. The Hall–Kier alpha value is -2.28. The lowest BCUT2D eigenvalue weighted by molar-refractivity contribution is 0.502. The largest absolute Gasteiger partial charge is 0.469 e. The Bertz CT molecular complexity index is 668. The van der Waals surface area contributed by atoms with Crippen LogP contribution in [0.15, 0.2) is 77.4 Å². The second-order valence-corrected chi connectivity index (χ2v) is 5.74. The van der Waals surface area contributed by atoms with Gasteiger partial charge in [-0.05, 0) is 54.5 Å². The van der Waals surface area contributed by atoms with E-state index >= 15 is 0 Å². The molecule has 3 rings (SSSR count). The molecule has 2 aromatic carbocycles. The standard InChI is InChI=1S/C21H22O/c1-2-7-18(8-3-1)14-15-20-10-4-9-19(17-20)11-5-12-21-13-6-16-22-21/h1-4,6-10,13,16-17H,5,11-12,14-15H2. The first kappa shape index (κ1) is 14.6. The Balaban J connectivity index is 1.51. The van der Waals surface area contributed by atoms with E-state index in [1.54, 1.807) is 6.26 Å². The molecule has 1 aromatic heterocycles. The first-order valence-corrected chi connectivity index (χ1v) is 8.04. The van der Waals surface area contributed by atoms with Crippen LogP contribution in [0, 0.1) is 0 Å². The maximum absolute atomic E-state index is 5.38. The van der Waals surface area contributed by atoms with Gasteiger partial charge in [0.1, 0.15) is 5.76 Å². The van der Waals surface area contributed by atoms with Gasteiger partial charge >= 0.3 is 0 Å². The maximum Gasteiger partial charge on any atom is 0.103 e. The molecule has 0 unspecified atom stereocenters. The molecule has 0 saturated carbocycles. The van der Waals surface area contributed by atoms with Crippen molar-refractivity contribution in [3.05, 3.63) is 95.4 Å². The number of furan rings is 1. The highest BCUT2D eigenvalue weighted by atomic mass is 16.3. The minimum absolute atomic E-state index is 1.02. The van der Waals surface area contributed by atoms with Crippen LogP contribution in [-0.2, 0) is 25.7 Å². The van der Waals surface area contributed by atoms with Crippen molar-refractivity contribution < 1.29 is 4.42 Å². The first-order chi connectivity index (χ1) is 10.9. The van der Waals surface area contributed by atoms with E-state index in [9.17, 15) is 0 Å². The molecule has 112 valence electrons. The predicted octanol–water partition coefficient (Wildman–Crippen LogP) is 5.24. The topological polar surface area (TPSA) is 13.1 Å². The molecule has 0 saturated heterocycles. The van der Waals surface area contributed by atoms with Crippen molar-refractivity contribution in [2.24, 2.45) is 0 Å². The lowest BCUT2D eigenvalue weighted by Crippen LogP contribution is -1.94. The fourth-order valence-electron chi connectivity index (χ4n) is 2.80. The van der Waals surface area contributed by atoms with Crippen molar-refractivity contribution in [1.82, 2.24) is 0 Å². The average molecular weight is 290 g/mol. The second kappa shape index (κ2) is 7.65. The Labute approximate surface area is 132 Å². The molecule has 0 amide bonds. The molecule has 1 nitrogen and oxygen atoms in total. The van der Waals surface area contributed by atoms with Crippen molar-refractivity contribution in [3.8, 4) is 0 Å². The molecule has 0 bridgehead atoms. The number of hydrogen-bond acceptors (Lipinski definition) is 1. The molecule has 0 aliphatic heterocycles. The van der Waals surface area contributed by atoms with Gasteiger partial charge in [0.05, 0.1) is 6.26 Å². The van der Waals surface area contributed by atoms with E-state index in [1.807, 2.05) is 6.07 Å². The van der Waals surface area contributed by atoms with Crippen molar-refractivity contribution in [2.75, 3.05) is 0 Å². The Morgan fingerprint density at radius 2 is 1.32 bits per heavy atom. The van der Waals surface area contributed by atoms with Crippen LogP contribution in [0.25, 0.3) is 0 Å². The van der Waals surface area contributed by atoms with Gasteiger partial charge in [-0.15, -0.1) is 0 Å². The third-order valence-corrected chi connectivity index (χ3v) is 4.01. The smallest absolute Gasteiger partial charge is 0.103 e. The summed E-state index contributed by atoms with van der Waals surface area (Å²) in [7, 11) is 0. The molecular formula is C21H22O. The molecule has 0 fully saturated rings. The minimum atomic E-state index is 1.02. The van der Waals surface area contributed by atoms with Crippen LogP contribution in [0.5, 0.6) is 0 Å². The van der Waals surface area contributed by atoms with Gasteiger partial charge in [-0.25, -0.2) is 0 Å². The molecule has 0 N–H and O–H groups in total. The van der Waals surface area contributed by atoms with Gasteiger partial charge in [-0.2, -0.15) is 0 Å². The Morgan fingerprint density at radius 1 is 0.591 bits per heavy atom. The predicted molar refractivity (Wildman–Crippen MR) is 91.0 cm³/mol. The average Bonchev–Trinajstić information content (AvgIpc) is 3.08. The molecule has 0 atom stereocenters. The first-order valence-electron chi connectivity index (χ1n) is 8.04. The van der Waals surface area contributed by atoms with Crippen LogP contribution in [0.2, 0.25) is 0 Å². The lowest BCUT2D eigenvalue weighted by atomic mass is 10.0. The summed E-state index contributed by atoms with van der Waals surface area (Å²) >= 11 is 0. The van der Waals surface area contributed by atoms with Gasteiger partial charge in [0.2, 0.25) is 0 Å². The van der Waals surface area contributed by atoms with Gasteiger partial charge in [-0.1, -0.05) is 54.6 Å². The molecular weight excluding hydrogens is 268 g/mol. The summed E-state index contributed by atoms with van der Waals surface area (Å²) in [5, 5.41) is 0. The van der Waals surface area contributed by atoms with Crippen molar-refractivity contribution >= 4 is 0 Å². The van der Waals surface area contributed by atoms with Crippen molar-refractivity contribution in [3.63, 3.8) is 0 Å². The zero-order chi connectivity index (χ0) is 15.0. The lowest BCUT2D eigenvalue weighted by Gasteiger charge is -2.06. The molecule has 1 heteroatoms. The van der Waals surface area contributed by atoms with Gasteiger partial charge in [0, 0.05) is 6.42 Å². The number of aryl methyl sites for hydroxylation is 4. The fraction of sp³-hybridized carbons (Fsp3) is 0.238. The quantitative estimate of drug-likeness (QED) is 0.580. The van der Waals surface area contributed by atoms with E-state index in [1.165, 1.54) is 16.7 Å². The number of benzene rings is 2. The van der Waals surface area contributed by atoms with Gasteiger partial charge in [0.15, 0.2) is 0 Å². The van der Waals surface area contributed by atoms with Crippen molar-refractivity contribution in [1.29, 1.82) is 0 Å². The van der Waals surface area contributed by atoms with Crippen LogP contribution in [-0.4, -0.2) is 0 Å². The van der Waals surface area contributed by atoms with Crippen molar-refractivity contribution in [2.45, 2.75) is 32.1 Å². The van der Waals surface area contributed by atoms with E-state index in [0.717, 1.165) is 37.9 Å². The normalized spacial score (nSPS) is 10.7. The monoisotopic (exact) mass is 290 g/mol. The molecule has 0 aliphatic carbocycles. The summed E-state index contributed by atoms with van der Waals surface area (Å²) in [6, 6.07) is 23.7. The highest BCUT2D eigenvalue weighted by Gasteiger charge is 2.00. The molecule has 0 radical (unpaired) electrons. The summed E-state index contributed by atoms with van der Waals surface area (Å²) in [6.45, 7) is 0. The summed E-state index contributed by atoms with van der Waals surface area (Å²) in [4.78, 5) is 0. The van der Waals surface area contributed by atoms with Crippen LogP contribution in [0.4, 0.5) is 0 Å². The van der Waals surface area contributed by atoms with E-state index in [0.29, 0.717) is 0 Å². The summed E-state index contributed by atoms with van der Waals surface area (Å²) in [5.41, 5.74) is 4.27. The van der Waals surface area contributed by atoms with Crippen LogP contribution in [0.3, 0.4) is 0 Å². The molecule has 0 spiro atoms. The van der Waals surface area contributed by atoms with E-state index in [-0.39, 0.29) is 0 Å². The molecule has 3 aromatic rings. The van der Waals surface area contributed by atoms with Crippen LogP contribution in [0.1, 0.15) is 28.9 Å². The van der Waals surface area contributed by atoms with E-state index < -0.39 is 0 Å². The molecule has 1 heterocycles. The number of hydrogen-bond donors (Lipinski definition) is 0. The maximum atomic E-state index is 5.38. The third kappa shape index (κ3) is 4.36. The number of rotatable bonds is 7. The third-order valence-electron chi connectivity index (χ3n) is 4.01. The zero-order valence-corrected chi connectivity index (χ0v) is 12.9. The SMILES string of the molecule is c1ccc(CCc2cccc(CCCc3ccco3)c2)cc1. The zero-order valence-electron chi connectivity index (χ0n) is 12.9. The van der Waals surface area contributed by atoms with E-state index in [4.69, 9.17) is 4.42 Å².